The Morgan fingerprint density at radius 1 is 0.943 bits per heavy atom. The summed E-state index contributed by atoms with van der Waals surface area (Å²) in [4.78, 5) is 23.0. The van der Waals surface area contributed by atoms with Crippen LogP contribution in [0.25, 0.3) is 33.9 Å². The summed E-state index contributed by atoms with van der Waals surface area (Å²) in [5, 5.41) is 0. The van der Waals surface area contributed by atoms with E-state index in [9.17, 15) is 0 Å². The van der Waals surface area contributed by atoms with Crippen LogP contribution in [0, 0.1) is 0 Å². The van der Waals surface area contributed by atoms with Gasteiger partial charge < -0.3 is 9.64 Å². The van der Waals surface area contributed by atoms with E-state index in [1.165, 1.54) is 12.0 Å². The van der Waals surface area contributed by atoms with Crippen molar-refractivity contribution in [2.45, 2.75) is 19.0 Å². The summed E-state index contributed by atoms with van der Waals surface area (Å²) in [5.74, 6) is 1.01. The van der Waals surface area contributed by atoms with E-state index >= 15 is 0 Å². The molecule has 1 fully saturated rings. The fraction of sp³-hybridized carbons (Fsp3) is 0.286. The molecule has 35 heavy (non-hydrogen) atoms. The van der Waals surface area contributed by atoms with Crippen molar-refractivity contribution >= 4 is 0 Å². The molecule has 0 saturated carbocycles. The van der Waals surface area contributed by atoms with Crippen LogP contribution in [0.4, 0.5) is 0 Å². The van der Waals surface area contributed by atoms with Crippen molar-refractivity contribution in [2.24, 2.45) is 0 Å². The molecular weight excluding hydrogens is 436 g/mol. The van der Waals surface area contributed by atoms with Crippen LogP contribution in [-0.4, -0.2) is 70.1 Å². The molecule has 1 saturated heterocycles. The number of aromatic nitrogens is 4. The van der Waals surface area contributed by atoms with Gasteiger partial charge in [-0.2, -0.15) is 4.98 Å². The molecule has 1 aliphatic rings. The minimum absolute atomic E-state index is 0.490. The molecule has 0 radical (unpaired) electrons. The Balaban J connectivity index is 1.37. The summed E-state index contributed by atoms with van der Waals surface area (Å²) in [6.07, 6.45) is 6.67. The van der Waals surface area contributed by atoms with Gasteiger partial charge in [0, 0.05) is 61.5 Å². The van der Waals surface area contributed by atoms with Crippen LogP contribution in [0.2, 0.25) is 0 Å². The third-order valence-corrected chi connectivity index (χ3v) is 6.51. The average molecular weight is 467 g/mol. The van der Waals surface area contributed by atoms with Crippen molar-refractivity contribution in [1.82, 2.24) is 29.7 Å². The maximum atomic E-state index is 5.43. The van der Waals surface area contributed by atoms with E-state index in [2.05, 4.69) is 69.2 Å². The number of hydrogen-bond donors (Lipinski definition) is 0. The number of likely N-dealkylation sites (tertiary alicyclic amines) is 1. The van der Waals surface area contributed by atoms with Gasteiger partial charge in [0.15, 0.2) is 5.82 Å². The van der Waals surface area contributed by atoms with Gasteiger partial charge in [-0.3, -0.25) is 14.9 Å². The molecule has 1 aliphatic heterocycles. The van der Waals surface area contributed by atoms with E-state index in [1.54, 1.807) is 13.3 Å². The van der Waals surface area contributed by atoms with Gasteiger partial charge in [0.25, 0.3) is 0 Å². The van der Waals surface area contributed by atoms with Crippen LogP contribution in [0.15, 0.2) is 73.2 Å². The monoisotopic (exact) mass is 466 g/mol. The van der Waals surface area contributed by atoms with Crippen LogP contribution in [0.3, 0.4) is 0 Å². The molecule has 0 amide bonds. The van der Waals surface area contributed by atoms with Gasteiger partial charge in [-0.15, -0.1) is 0 Å². The van der Waals surface area contributed by atoms with Gasteiger partial charge in [0.05, 0.1) is 12.8 Å². The highest BCUT2D eigenvalue weighted by Crippen LogP contribution is 2.28. The van der Waals surface area contributed by atoms with Gasteiger partial charge in [-0.1, -0.05) is 30.3 Å². The molecule has 4 aromatic rings. The molecule has 0 N–H and O–H groups in total. The van der Waals surface area contributed by atoms with Crippen molar-refractivity contribution in [3.63, 3.8) is 0 Å². The SMILES string of the molecule is COc1cc(-c2cncc(-c3ccc(CN4CCC(N(C)C)C4)cc3)c2)nc(-c2ccccn2)n1. The molecule has 5 rings (SSSR count). The summed E-state index contributed by atoms with van der Waals surface area (Å²) < 4.78 is 5.43. The molecule has 0 aliphatic carbocycles. The van der Waals surface area contributed by atoms with Crippen molar-refractivity contribution in [1.29, 1.82) is 0 Å². The largest absolute Gasteiger partial charge is 0.481 e. The standard InChI is InChI=1S/C28H30N6O/c1-33(2)24-11-13-34(19-24)18-20-7-9-21(10-8-20)22-14-23(17-29-16-22)26-15-27(35-3)32-28(31-26)25-6-4-5-12-30-25/h4-10,12,14-17,24H,11,13,18-19H2,1-3H3. The zero-order valence-electron chi connectivity index (χ0n) is 20.4. The van der Waals surface area contributed by atoms with E-state index in [4.69, 9.17) is 9.72 Å². The van der Waals surface area contributed by atoms with Gasteiger partial charge in [-0.05, 0) is 49.8 Å². The zero-order chi connectivity index (χ0) is 24.2. The molecule has 0 spiro atoms. The normalized spacial score (nSPS) is 16.1. The lowest BCUT2D eigenvalue weighted by Gasteiger charge is -2.20. The first-order chi connectivity index (χ1) is 17.1. The lowest BCUT2D eigenvalue weighted by Crippen LogP contribution is -2.31. The van der Waals surface area contributed by atoms with Crippen LogP contribution in [-0.2, 0) is 6.54 Å². The Morgan fingerprint density at radius 3 is 2.49 bits per heavy atom. The Morgan fingerprint density at radius 2 is 1.77 bits per heavy atom. The Bertz CT molecular complexity index is 1280. The number of hydrogen-bond acceptors (Lipinski definition) is 7. The summed E-state index contributed by atoms with van der Waals surface area (Å²) in [7, 11) is 5.94. The summed E-state index contributed by atoms with van der Waals surface area (Å²) in [5.41, 5.74) is 5.84. The topological polar surface area (TPSA) is 67.3 Å². The molecule has 0 bridgehead atoms. The minimum Gasteiger partial charge on any atom is -0.481 e. The second kappa shape index (κ2) is 10.3. The molecule has 178 valence electrons. The van der Waals surface area contributed by atoms with Crippen LogP contribution in [0.1, 0.15) is 12.0 Å². The van der Waals surface area contributed by atoms with Crippen molar-refractivity contribution < 1.29 is 4.74 Å². The number of likely N-dealkylation sites (N-methyl/N-ethyl adjacent to an activating group) is 1. The predicted molar refractivity (Wildman–Crippen MR) is 138 cm³/mol. The molecule has 1 atom stereocenters. The second-order valence-corrected chi connectivity index (χ2v) is 9.13. The third-order valence-electron chi connectivity index (χ3n) is 6.51. The minimum atomic E-state index is 0.490. The van der Waals surface area contributed by atoms with Crippen molar-refractivity contribution in [3.05, 3.63) is 78.8 Å². The fourth-order valence-corrected chi connectivity index (χ4v) is 4.46. The summed E-state index contributed by atoms with van der Waals surface area (Å²) >= 11 is 0. The maximum absolute atomic E-state index is 5.43. The lowest BCUT2D eigenvalue weighted by molar-refractivity contribution is 0.264. The van der Waals surface area contributed by atoms with Crippen LogP contribution >= 0.6 is 0 Å². The van der Waals surface area contributed by atoms with Gasteiger partial charge >= 0.3 is 0 Å². The predicted octanol–water partition coefficient (Wildman–Crippen LogP) is 4.41. The Labute approximate surface area is 206 Å². The highest BCUT2D eigenvalue weighted by molar-refractivity contribution is 5.71. The summed E-state index contributed by atoms with van der Waals surface area (Å²) in [6.45, 7) is 3.27. The number of pyridine rings is 2. The van der Waals surface area contributed by atoms with E-state index in [-0.39, 0.29) is 0 Å². The molecular formula is C28H30N6O. The smallest absolute Gasteiger partial charge is 0.217 e. The lowest BCUT2D eigenvalue weighted by atomic mass is 10.0. The highest BCUT2D eigenvalue weighted by atomic mass is 16.5. The van der Waals surface area contributed by atoms with Crippen molar-refractivity contribution in [2.75, 3.05) is 34.3 Å². The second-order valence-electron chi connectivity index (χ2n) is 9.13. The fourth-order valence-electron chi connectivity index (χ4n) is 4.46. The summed E-state index contributed by atoms with van der Waals surface area (Å²) in [6, 6.07) is 19.1. The maximum Gasteiger partial charge on any atom is 0.217 e. The number of methoxy groups -OCH3 is 1. The van der Waals surface area contributed by atoms with E-state index in [1.807, 2.05) is 36.7 Å². The van der Waals surface area contributed by atoms with E-state index < -0.39 is 0 Å². The van der Waals surface area contributed by atoms with E-state index in [0.717, 1.165) is 42.0 Å². The first-order valence-corrected chi connectivity index (χ1v) is 11.9. The first kappa shape index (κ1) is 23.1. The quantitative estimate of drug-likeness (QED) is 0.400. The van der Waals surface area contributed by atoms with Gasteiger partial charge in [0.2, 0.25) is 5.88 Å². The molecule has 7 nitrogen and oxygen atoms in total. The number of nitrogens with zero attached hydrogens (tertiary/aromatic N) is 6. The Kier molecular flexibility index (Phi) is 6.79. The number of ether oxygens (including phenoxy) is 1. The van der Waals surface area contributed by atoms with Crippen molar-refractivity contribution in [3.8, 4) is 39.8 Å². The zero-order valence-corrected chi connectivity index (χ0v) is 20.4. The van der Waals surface area contributed by atoms with E-state index in [0.29, 0.717) is 23.4 Å². The van der Waals surface area contributed by atoms with Crippen LogP contribution in [0.5, 0.6) is 5.88 Å². The first-order valence-electron chi connectivity index (χ1n) is 11.9. The number of rotatable bonds is 7. The van der Waals surface area contributed by atoms with Crippen LogP contribution < -0.4 is 4.74 Å². The molecule has 1 unspecified atom stereocenters. The molecule has 3 aromatic heterocycles. The van der Waals surface area contributed by atoms with Gasteiger partial charge in [0.1, 0.15) is 5.69 Å². The molecule has 4 heterocycles. The Hall–Kier alpha value is -3.68. The molecule has 7 heteroatoms. The number of benzene rings is 1. The third kappa shape index (κ3) is 5.37. The van der Waals surface area contributed by atoms with Gasteiger partial charge in [-0.25, -0.2) is 4.98 Å². The average Bonchev–Trinajstić information content (AvgIpc) is 3.38. The highest BCUT2D eigenvalue weighted by Gasteiger charge is 2.23. The molecule has 1 aromatic carbocycles.